The molecule has 0 aliphatic rings. The van der Waals surface area contributed by atoms with E-state index in [-0.39, 0.29) is 24.0 Å². The number of amides is 1. The number of carbonyl (C=O) groups excluding carboxylic acids is 1. The van der Waals surface area contributed by atoms with Crippen LogP contribution in [0.3, 0.4) is 0 Å². The molecule has 9 heteroatoms. The van der Waals surface area contributed by atoms with Gasteiger partial charge in [0.15, 0.2) is 12.4 Å². The highest BCUT2D eigenvalue weighted by molar-refractivity contribution is 5.93. The number of methoxy groups -OCH3 is 1. The monoisotopic (exact) mass is 617 g/mol. The molecule has 0 saturated heterocycles. The van der Waals surface area contributed by atoms with Crippen LogP contribution in [0.5, 0.6) is 11.5 Å². The minimum absolute atomic E-state index is 0.177. The number of fused-ring (bicyclic) bond motifs is 1. The quantitative estimate of drug-likeness (QED) is 0.174. The molecule has 0 aliphatic carbocycles. The van der Waals surface area contributed by atoms with Gasteiger partial charge in [-0.2, -0.15) is 9.78 Å². The molecule has 5 aromatic rings. The van der Waals surface area contributed by atoms with Crippen molar-refractivity contribution < 1.29 is 14.3 Å². The average Bonchev–Trinajstić information content (AvgIpc) is 3.04. The number of aryl methyl sites for hydroxylation is 2. The summed E-state index contributed by atoms with van der Waals surface area (Å²) in [4.78, 5) is 33.6. The molecule has 5 rings (SSSR count). The summed E-state index contributed by atoms with van der Waals surface area (Å²) < 4.78 is 13.0. The van der Waals surface area contributed by atoms with Crippen LogP contribution in [0.2, 0.25) is 0 Å². The molecule has 1 amide bonds. The zero-order chi connectivity index (χ0) is 33.0. The van der Waals surface area contributed by atoms with Gasteiger partial charge in [0.25, 0.3) is 11.5 Å². The SMILES string of the molecule is COc1cc(C)c(-c2nc3ccccc3c(=O)n2N=Cc2ccc(N(C)C)cc2OCC(=O)Nc2ccccc2C)cc1C(C)C. The fourth-order valence-corrected chi connectivity index (χ4v) is 5.17. The molecule has 0 aliphatic heterocycles. The summed E-state index contributed by atoms with van der Waals surface area (Å²) in [5.74, 6) is 1.52. The zero-order valence-corrected chi connectivity index (χ0v) is 27.3. The summed E-state index contributed by atoms with van der Waals surface area (Å²) in [6, 6.07) is 24.4. The Labute approximate surface area is 269 Å². The Morgan fingerprint density at radius 2 is 1.72 bits per heavy atom. The van der Waals surface area contributed by atoms with Crippen LogP contribution in [-0.4, -0.2) is 49.6 Å². The molecule has 0 atom stereocenters. The van der Waals surface area contributed by atoms with Gasteiger partial charge in [-0.15, -0.1) is 0 Å². The number of ether oxygens (including phenoxy) is 2. The first-order chi connectivity index (χ1) is 22.1. The van der Waals surface area contributed by atoms with Gasteiger partial charge >= 0.3 is 0 Å². The third-order valence-corrected chi connectivity index (χ3v) is 7.80. The van der Waals surface area contributed by atoms with E-state index in [4.69, 9.17) is 19.6 Å². The van der Waals surface area contributed by atoms with Gasteiger partial charge in [-0.1, -0.05) is 44.2 Å². The molecule has 0 fully saturated rings. The normalized spacial score (nSPS) is 11.3. The van der Waals surface area contributed by atoms with Crippen LogP contribution in [0.1, 0.15) is 42.0 Å². The van der Waals surface area contributed by atoms with Gasteiger partial charge in [-0.05, 0) is 78.9 Å². The van der Waals surface area contributed by atoms with E-state index >= 15 is 0 Å². The molecule has 1 N–H and O–H groups in total. The maximum absolute atomic E-state index is 13.9. The Kier molecular flexibility index (Phi) is 9.51. The standard InChI is InChI=1S/C37H39N5O4/c1-23(2)29-20-30(25(4)18-34(29)45-7)36-40-32-15-11-9-13-28(32)37(44)42(36)38-21-26-16-17-27(41(5)6)19-33(26)46-22-35(43)39-31-14-10-8-12-24(31)3/h8-21,23H,22H2,1-7H3,(H,39,43). The Hall–Kier alpha value is -5.44. The Morgan fingerprint density at radius 1 is 0.978 bits per heavy atom. The number of hydrogen-bond donors (Lipinski definition) is 1. The lowest BCUT2D eigenvalue weighted by molar-refractivity contribution is -0.118. The third-order valence-electron chi connectivity index (χ3n) is 7.80. The summed E-state index contributed by atoms with van der Waals surface area (Å²) in [6.07, 6.45) is 1.57. The first-order valence-electron chi connectivity index (χ1n) is 15.1. The molecule has 46 heavy (non-hydrogen) atoms. The highest BCUT2D eigenvalue weighted by Crippen LogP contribution is 2.34. The van der Waals surface area contributed by atoms with Crippen molar-refractivity contribution in [3.8, 4) is 22.9 Å². The topological polar surface area (TPSA) is 98.1 Å². The number of anilines is 2. The number of carbonyl (C=O) groups is 1. The van der Waals surface area contributed by atoms with Crippen molar-refractivity contribution in [3.05, 3.63) is 111 Å². The largest absolute Gasteiger partial charge is 0.496 e. The predicted molar refractivity (Wildman–Crippen MR) is 186 cm³/mol. The molecule has 236 valence electrons. The molecule has 1 heterocycles. The molecule has 4 aromatic carbocycles. The Morgan fingerprint density at radius 3 is 2.43 bits per heavy atom. The Bertz CT molecular complexity index is 1990. The van der Waals surface area contributed by atoms with Crippen LogP contribution in [0, 0.1) is 13.8 Å². The van der Waals surface area contributed by atoms with Gasteiger partial charge in [-0.25, -0.2) is 4.98 Å². The molecule has 0 radical (unpaired) electrons. The van der Waals surface area contributed by atoms with Crippen molar-refractivity contribution in [1.82, 2.24) is 9.66 Å². The van der Waals surface area contributed by atoms with Crippen LogP contribution in [0.15, 0.2) is 88.8 Å². The zero-order valence-electron chi connectivity index (χ0n) is 27.3. The number of nitrogens with zero attached hydrogens (tertiary/aromatic N) is 4. The second kappa shape index (κ2) is 13.7. The van der Waals surface area contributed by atoms with Crippen molar-refractivity contribution in [2.75, 3.05) is 38.0 Å². The first kappa shape index (κ1) is 32.0. The number of para-hydroxylation sites is 2. The molecule has 0 saturated carbocycles. The van der Waals surface area contributed by atoms with Crippen molar-refractivity contribution in [3.63, 3.8) is 0 Å². The maximum atomic E-state index is 13.9. The number of hydrogen-bond acceptors (Lipinski definition) is 7. The van der Waals surface area contributed by atoms with E-state index in [0.29, 0.717) is 28.0 Å². The van der Waals surface area contributed by atoms with Crippen LogP contribution in [0.4, 0.5) is 11.4 Å². The molecule has 9 nitrogen and oxygen atoms in total. The van der Waals surface area contributed by atoms with Gasteiger partial charge in [0.05, 0.1) is 24.2 Å². The first-order valence-corrected chi connectivity index (χ1v) is 15.1. The van der Waals surface area contributed by atoms with Crippen LogP contribution < -0.4 is 25.2 Å². The van der Waals surface area contributed by atoms with Crippen molar-refractivity contribution in [2.24, 2.45) is 5.10 Å². The summed E-state index contributed by atoms with van der Waals surface area (Å²) in [6.45, 7) is 7.87. The van der Waals surface area contributed by atoms with Gasteiger partial charge in [0, 0.05) is 42.7 Å². The minimum Gasteiger partial charge on any atom is -0.496 e. The second-order valence-corrected chi connectivity index (χ2v) is 11.6. The van der Waals surface area contributed by atoms with E-state index in [1.165, 1.54) is 4.68 Å². The molecule has 0 unspecified atom stereocenters. The van der Waals surface area contributed by atoms with Crippen molar-refractivity contribution in [1.29, 1.82) is 0 Å². The highest BCUT2D eigenvalue weighted by Gasteiger charge is 2.19. The van der Waals surface area contributed by atoms with Crippen LogP contribution in [-0.2, 0) is 4.79 Å². The van der Waals surface area contributed by atoms with Gasteiger partial charge < -0.3 is 19.7 Å². The molecule has 1 aromatic heterocycles. The lowest BCUT2D eigenvalue weighted by Crippen LogP contribution is -2.22. The van der Waals surface area contributed by atoms with E-state index in [2.05, 4.69) is 19.2 Å². The molecular weight excluding hydrogens is 578 g/mol. The fourth-order valence-electron chi connectivity index (χ4n) is 5.17. The average molecular weight is 618 g/mol. The fraction of sp³-hybridized carbons (Fsp3) is 0.243. The van der Waals surface area contributed by atoms with E-state index < -0.39 is 0 Å². The molecular formula is C37H39N5O4. The summed E-state index contributed by atoms with van der Waals surface area (Å²) >= 11 is 0. The number of benzene rings is 4. The van der Waals surface area contributed by atoms with Crippen molar-refractivity contribution in [2.45, 2.75) is 33.6 Å². The highest BCUT2D eigenvalue weighted by atomic mass is 16.5. The lowest BCUT2D eigenvalue weighted by Gasteiger charge is -2.18. The molecule has 0 spiro atoms. The van der Waals surface area contributed by atoms with Crippen LogP contribution >= 0.6 is 0 Å². The van der Waals surface area contributed by atoms with E-state index in [1.807, 2.05) is 106 Å². The number of aromatic nitrogens is 2. The number of rotatable bonds is 10. The van der Waals surface area contributed by atoms with Gasteiger partial charge in [0.2, 0.25) is 0 Å². The summed E-state index contributed by atoms with van der Waals surface area (Å²) in [5.41, 5.74) is 6.10. The van der Waals surface area contributed by atoms with E-state index in [0.717, 1.165) is 39.4 Å². The predicted octanol–water partition coefficient (Wildman–Crippen LogP) is 6.78. The summed E-state index contributed by atoms with van der Waals surface area (Å²) in [7, 11) is 5.50. The van der Waals surface area contributed by atoms with E-state index in [9.17, 15) is 9.59 Å². The van der Waals surface area contributed by atoms with Crippen molar-refractivity contribution >= 4 is 34.4 Å². The number of nitrogens with one attached hydrogen (secondary N) is 1. The minimum atomic E-state index is -0.303. The van der Waals surface area contributed by atoms with Crippen LogP contribution in [0.25, 0.3) is 22.3 Å². The maximum Gasteiger partial charge on any atom is 0.282 e. The van der Waals surface area contributed by atoms with Gasteiger partial charge in [0.1, 0.15) is 11.5 Å². The van der Waals surface area contributed by atoms with E-state index in [1.54, 1.807) is 19.4 Å². The molecule has 0 bridgehead atoms. The third kappa shape index (κ3) is 6.78. The van der Waals surface area contributed by atoms with Gasteiger partial charge in [-0.3, -0.25) is 9.59 Å². The Balaban J connectivity index is 1.57. The summed E-state index contributed by atoms with van der Waals surface area (Å²) in [5, 5.41) is 8.04. The second-order valence-electron chi connectivity index (χ2n) is 11.6. The smallest absolute Gasteiger partial charge is 0.282 e. The lowest BCUT2D eigenvalue weighted by atomic mass is 9.96.